The highest BCUT2D eigenvalue weighted by atomic mass is 19.1. The molecular weight excluding hydrogens is 223 g/mol. The summed E-state index contributed by atoms with van der Waals surface area (Å²) in [4.78, 5) is 11.9. The first-order chi connectivity index (χ1) is 8.24. The minimum Gasteiger partial charge on any atom is -0.310 e. The quantitative estimate of drug-likeness (QED) is 0.771. The van der Waals surface area contributed by atoms with Crippen LogP contribution in [0.4, 0.5) is 4.39 Å². The van der Waals surface area contributed by atoms with Gasteiger partial charge in [-0.15, -0.1) is 0 Å². The molecule has 1 N–H and O–H groups in total. The van der Waals surface area contributed by atoms with Gasteiger partial charge in [0.2, 0.25) is 0 Å². The van der Waals surface area contributed by atoms with Crippen molar-refractivity contribution in [3.05, 3.63) is 34.5 Å². The molecular formula is C11H15FN4O. The van der Waals surface area contributed by atoms with E-state index in [1.54, 1.807) is 29.9 Å². The van der Waals surface area contributed by atoms with E-state index in [1.807, 2.05) is 0 Å². The van der Waals surface area contributed by atoms with Gasteiger partial charge in [0.1, 0.15) is 11.3 Å². The molecule has 0 amide bonds. The Bertz CT molecular complexity index is 560. The van der Waals surface area contributed by atoms with Crippen molar-refractivity contribution in [2.24, 2.45) is 7.05 Å². The molecule has 2 rings (SSSR count). The smallest absolute Gasteiger partial charge is 0.277 e. The highest BCUT2D eigenvalue weighted by Crippen LogP contribution is 1.98. The van der Waals surface area contributed by atoms with Gasteiger partial charge in [0.25, 0.3) is 5.56 Å². The highest BCUT2D eigenvalue weighted by molar-refractivity contribution is 5.43. The summed E-state index contributed by atoms with van der Waals surface area (Å²) in [6.45, 7) is 0.700. The molecule has 92 valence electrons. The molecule has 5 nitrogen and oxygen atoms in total. The number of halogens is 1. The van der Waals surface area contributed by atoms with Crippen LogP contribution in [0.5, 0.6) is 0 Å². The lowest BCUT2D eigenvalue weighted by atomic mass is 10.4. The summed E-state index contributed by atoms with van der Waals surface area (Å²) in [6.07, 6.45) is 2.21. The second-order valence-electron chi connectivity index (χ2n) is 3.84. The van der Waals surface area contributed by atoms with Crippen LogP contribution in [0.15, 0.2) is 23.1 Å². The Hall–Kier alpha value is -1.69. The largest absolute Gasteiger partial charge is 0.310 e. The van der Waals surface area contributed by atoms with E-state index in [-0.39, 0.29) is 12.2 Å². The van der Waals surface area contributed by atoms with Gasteiger partial charge >= 0.3 is 0 Å². The molecule has 0 aromatic carbocycles. The topological polar surface area (TPSA) is 51.3 Å². The van der Waals surface area contributed by atoms with Crippen LogP contribution in [0.2, 0.25) is 0 Å². The zero-order valence-corrected chi connectivity index (χ0v) is 9.69. The van der Waals surface area contributed by atoms with Crippen LogP contribution in [0.25, 0.3) is 5.52 Å². The van der Waals surface area contributed by atoms with Gasteiger partial charge in [0.05, 0.1) is 13.2 Å². The average Bonchev–Trinajstić information content (AvgIpc) is 2.79. The van der Waals surface area contributed by atoms with Crippen LogP contribution in [0, 0.1) is 0 Å². The summed E-state index contributed by atoms with van der Waals surface area (Å²) in [5.74, 6) is 0.637. The zero-order chi connectivity index (χ0) is 12.3. The number of fused-ring (bicyclic) bond motifs is 1. The Morgan fingerprint density at radius 1 is 1.53 bits per heavy atom. The lowest BCUT2D eigenvalue weighted by molar-refractivity contribution is 0.455. The first kappa shape index (κ1) is 11.8. The molecule has 0 fully saturated rings. The Morgan fingerprint density at radius 2 is 2.35 bits per heavy atom. The van der Waals surface area contributed by atoms with Gasteiger partial charge in [-0.2, -0.15) is 5.10 Å². The molecule has 0 spiro atoms. The summed E-state index contributed by atoms with van der Waals surface area (Å²) < 4.78 is 15.0. The van der Waals surface area contributed by atoms with E-state index in [9.17, 15) is 9.18 Å². The SMILES string of the molecule is Cn1c(CNCCCF)nn2cccc2c1=O. The predicted octanol–water partition coefficient (Wildman–Crippen LogP) is 0.482. The molecule has 0 aliphatic carbocycles. The van der Waals surface area contributed by atoms with Crippen LogP contribution in [-0.2, 0) is 13.6 Å². The number of rotatable bonds is 5. The number of hydrogen-bond donors (Lipinski definition) is 1. The third-order valence-corrected chi connectivity index (χ3v) is 2.63. The van der Waals surface area contributed by atoms with Gasteiger partial charge in [-0.05, 0) is 25.1 Å². The summed E-state index contributed by atoms with van der Waals surface area (Å²) in [5, 5.41) is 7.37. The van der Waals surface area contributed by atoms with Crippen molar-refractivity contribution in [1.29, 1.82) is 0 Å². The summed E-state index contributed by atoms with van der Waals surface area (Å²) in [7, 11) is 1.69. The predicted molar refractivity (Wildman–Crippen MR) is 62.7 cm³/mol. The second-order valence-corrected chi connectivity index (χ2v) is 3.84. The second kappa shape index (κ2) is 5.09. The summed E-state index contributed by atoms with van der Waals surface area (Å²) in [5.41, 5.74) is 0.479. The van der Waals surface area contributed by atoms with E-state index in [0.29, 0.717) is 30.9 Å². The Morgan fingerprint density at radius 3 is 3.12 bits per heavy atom. The molecule has 0 unspecified atom stereocenters. The molecule has 2 aromatic rings. The lowest BCUT2D eigenvalue weighted by Crippen LogP contribution is -2.28. The highest BCUT2D eigenvalue weighted by Gasteiger charge is 2.06. The van der Waals surface area contributed by atoms with Gasteiger partial charge in [0, 0.05) is 13.2 Å². The molecule has 0 atom stereocenters. The molecule has 2 aromatic heterocycles. The van der Waals surface area contributed by atoms with Gasteiger partial charge in [-0.25, -0.2) is 4.52 Å². The van der Waals surface area contributed by atoms with Crippen molar-refractivity contribution in [3.63, 3.8) is 0 Å². The Balaban J connectivity index is 2.22. The minimum atomic E-state index is -0.337. The summed E-state index contributed by atoms with van der Waals surface area (Å²) >= 11 is 0. The standard InChI is InChI=1S/C11H15FN4O/c1-15-10(8-13-6-3-5-12)14-16-7-2-4-9(16)11(15)17/h2,4,7,13H,3,5-6,8H2,1H3. The maximum absolute atomic E-state index is 11.9. The minimum absolute atomic E-state index is 0.0766. The van der Waals surface area contributed by atoms with Crippen molar-refractivity contribution < 1.29 is 4.39 Å². The van der Waals surface area contributed by atoms with E-state index in [0.717, 1.165) is 0 Å². The molecule has 0 radical (unpaired) electrons. The van der Waals surface area contributed by atoms with Crippen LogP contribution in [0.3, 0.4) is 0 Å². The van der Waals surface area contributed by atoms with E-state index in [2.05, 4.69) is 10.4 Å². The Labute approximate surface area is 97.9 Å². The van der Waals surface area contributed by atoms with E-state index in [1.165, 1.54) is 4.57 Å². The number of nitrogens with one attached hydrogen (secondary N) is 1. The molecule has 2 heterocycles. The van der Waals surface area contributed by atoms with Gasteiger partial charge in [-0.1, -0.05) is 0 Å². The average molecular weight is 238 g/mol. The number of nitrogens with zero attached hydrogens (tertiary/aromatic N) is 3. The number of aromatic nitrogens is 3. The fraction of sp³-hybridized carbons (Fsp3) is 0.455. The molecule has 6 heteroatoms. The molecule has 0 bridgehead atoms. The van der Waals surface area contributed by atoms with Crippen LogP contribution >= 0.6 is 0 Å². The number of alkyl halides is 1. The van der Waals surface area contributed by atoms with Gasteiger partial charge < -0.3 is 5.32 Å². The fourth-order valence-electron chi connectivity index (χ4n) is 1.66. The normalized spacial score (nSPS) is 11.2. The summed E-state index contributed by atoms with van der Waals surface area (Å²) in [6, 6.07) is 3.51. The van der Waals surface area contributed by atoms with Crippen molar-refractivity contribution in [2.75, 3.05) is 13.2 Å². The fourth-order valence-corrected chi connectivity index (χ4v) is 1.66. The van der Waals surface area contributed by atoms with E-state index >= 15 is 0 Å². The molecule has 0 saturated heterocycles. The Kier molecular flexibility index (Phi) is 3.53. The van der Waals surface area contributed by atoms with Gasteiger partial charge in [-0.3, -0.25) is 13.8 Å². The number of hydrogen-bond acceptors (Lipinski definition) is 3. The van der Waals surface area contributed by atoms with E-state index < -0.39 is 0 Å². The third kappa shape index (κ3) is 2.36. The van der Waals surface area contributed by atoms with Crippen molar-refractivity contribution in [2.45, 2.75) is 13.0 Å². The van der Waals surface area contributed by atoms with Crippen molar-refractivity contribution >= 4 is 5.52 Å². The molecule has 0 aliphatic rings. The van der Waals surface area contributed by atoms with E-state index in [4.69, 9.17) is 0 Å². The van der Waals surface area contributed by atoms with Crippen molar-refractivity contribution in [1.82, 2.24) is 19.5 Å². The first-order valence-corrected chi connectivity index (χ1v) is 5.54. The van der Waals surface area contributed by atoms with Crippen LogP contribution in [0.1, 0.15) is 12.2 Å². The first-order valence-electron chi connectivity index (χ1n) is 5.54. The maximum Gasteiger partial charge on any atom is 0.277 e. The van der Waals surface area contributed by atoms with Crippen molar-refractivity contribution in [3.8, 4) is 0 Å². The third-order valence-electron chi connectivity index (χ3n) is 2.63. The zero-order valence-electron chi connectivity index (χ0n) is 9.69. The van der Waals surface area contributed by atoms with Gasteiger partial charge in [0.15, 0.2) is 0 Å². The molecule has 0 saturated carbocycles. The van der Waals surface area contributed by atoms with Crippen LogP contribution < -0.4 is 10.9 Å². The van der Waals surface area contributed by atoms with Crippen LogP contribution in [-0.4, -0.2) is 27.4 Å². The lowest BCUT2D eigenvalue weighted by Gasteiger charge is -2.08. The monoisotopic (exact) mass is 238 g/mol. The molecule has 0 aliphatic heterocycles. The maximum atomic E-state index is 11.9. The molecule has 17 heavy (non-hydrogen) atoms.